The van der Waals surface area contributed by atoms with Crippen molar-refractivity contribution in [3.8, 4) is 17.1 Å². The van der Waals surface area contributed by atoms with Crippen LogP contribution in [-0.4, -0.2) is 26.7 Å². The number of ether oxygens (including phenoxy) is 1. The zero-order valence-corrected chi connectivity index (χ0v) is 16.3. The zero-order valence-electron chi connectivity index (χ0n) is 15.5. The van der Waals surface area contributed by atoms with Crippen LogP contribution in [0.3, 0.4) is 0 Å². The van der Waals surface area contributed by atoms with Gasteiger partial charge in [-0.25, -0.2) is 0 Å². The van der Waals surface area contributed by atoms with E-state index in [2.05, 4.69) is 9.93 Å². The molecule has 0 radical (unpaired) electrons. The van der Waals surface area contributed by atoms with Gasteiger partial charge in [-0.05, 0) is 37.3 Å². The van der Waals surface area contributed by atoms with Gasteiger partial charge in [0.25, 0.3) is 15.7 Å². The number of hydrogen-bond acceptors (Lipinski definition) is 7. The summed E-state index contributed by atoms with van der Waals surface area (Å²) in [6.45, 7) is 1.86. The summed E-state index contributed by atoms with van der Waals surface area (Å²) in [4.78, 5) is 12.6. The van der Waals surface area contributed by atoms with E-state index in [0.29, 0.717) is 11.3 Å². The Morgan fingerprint density at radius 3 is 2.52 bits per heavy atom. The third kappa shape index (κ3) is 4.61. The molecule has 29 heavy (non-hydrogen) atoms. The van der Waals surface area contributed by atoms with Gasteiger partial charge in [0.1, 0.15) is 17.3 Å². The van der Waals surface area contributed by atoms with Crippen LogP contribution in [0.5, 0.6) is 5.75 Å². The van der Waals surface area contributed by atoms with Crippen molar-refractivity contribution in [2.24, 2.45) is 5.10 Å². The van der Waals surface area contributed by atoms with E-state index >= 15 is 0 Å². The number of hydrazone groups is 1. The maximum absolute atomic E-state index is 12.2. The Kier molecular flexibility index (Phi) is 5.64. The lowest BCUT2D eigenvalue weighted by Crippen LogP contribution is -2.18. The number of sulfonamides is 1. The summed E-state index contributed by atoms with van der Waals surface area (Å²) in [5.74, 6) is 0.948. The van der Waals surface area contributed by atoms with Gasteiger partial charge in [0.05, 0.1) is 34.8 Å². The summed E-state index contributed by atoms with van der Waals surface area (Å²) < 4.78 is 35.2. The smallest absolute Gasteiger partial charge is 0.276 e. The van der Waals surface area contributed by atoms with Gasteiger partial charge in [-0.2, -0.15) is 18.4 Å². The Labute approximate surface area is 166 Å². The first-order valence-corrected chi connectivity index (χ1v) is 9.82. The minimum atomic E-state index is -3.79. The van der Waals surface area contributed by atoms with Crippen LogP contribution in [0.15, 0.2) is 69.0 Å². The predicted molar refractivity (Wildman–Crippen MR) is 106 cm³/mol. The summed E-state index contributed by atoms with van der Waals surface area (Å²) in [7, 11) is -2.39. The van der Waals surface area contributed by atoms with E-state index < -0.39 is 14.9 Å². The lowest BCUT2D eigenvalue weighted by Gasteiger charge is -2.05. The van der Waals surface area contributed by atoms with E-state index in [1.807, 2.05) is 6.92 Å². The molecule has 0 fully saturated rings. The van der Waals surface area contributed by atoms with Crippen molar-refractivity contribution in [1.29, 1.82) is 0 Å². The molecule has 0 atom stereocenters. The van der Waals surface area contributed by atoms with Crippen molar-refractivity contribution in [1.82, 2.24) is 4.83 Å². The van der Waals surface area contributed by atoms with Crippen LogP contribution in [0.1, 0.15) is 11.3 Å². The molecule has 0 spiro atoms. The van der Waals surface area contributed by atoms with Crippen molar-refractivity contribution < 1.29 is 22.5 Å². The molecular formula is C19H17N3O6S. The molecule has 9 nitrogen and oxygen atoms in total. The molecule has 2 aromatic carbocycles. The van der Waals surface area contributed by atoms with Crippen molar-refractivity contribution >= 4 is 21.9 Å². The Hall–Kier alpha value is -3.66. The highest BCUT2D eigenvalue weighted by atomic mass is 32.2. The van der Waals surface area contributed by atoms with Gasteiger partial charge < -0.3 is 9.15 Å². The van der Waals surface area contributed by atoms with Crippen LogP contribution in [0.2, 0.25) is 0 Å². The summed E-state index contributed by atoms with van der Waals surface area (Å²) in [5.41, 5.74) is 1.35. The predicted octanol–water partition coefficient (Wildman–Crippen LogP) is 3.48. The number of non-ortho nitro benzene ring substituents is 1. The number of benzene rings is 2. The molecule has 0 aliphatic heterocycles. The highest BCUT2D eigenvalue weighted by molar-refractivity contribution is 7.89. The molecule has 10 heteroatoms. The molecular weight excluding hydrogens is 398 g/mol. The molecule has 1 heterocycles. The molecule has 0 aliphatic carbocycles. The SMILES string of the molecule is COc1cc([N+](=O)[O-])ccc1-c1ccc(/C=N/NS(=O)(=O)c2ccc(C)cc2)o1. The average Bonchev–Trinajstić information content (AvgIpc) is 3.16. The van der Waals surface area contributed by atoms with Gasteiger partial charge >= 0.3 is 0 Å². The van der Waals surface area contributed by atoms with Crippen LogP contribution in [0.4, 0.5) is 5.69 Å². The summed E-state index contributed by atoms with van der Waals surface area (Å²) in [6.07, 6.45) is 1.22. The number of nitro benzene ring substituents is 1. The molecule has 0 amide bonds. The molecule has 1 N–H and O–H groups in total. The lowest BCUT2D eigenvalue weighted by molar-refractivity contribution is -0.384. The molecule has 0 saturated heterocycles. The van der Waals surface area contributed by atoms with E-state index in [0.717, 1.165) is 5.56 Å². The van der Waals surface area contributed by atoms with Crippen molar-refractivity contribution in [2.75, 3.05) is 7.11 Å². The second-order valence-corrected chi connectivity index (χ2v) is 7.67. The number of nitrogens with one attached hydrogen (secondary N) is 1. The van der Waals surface area contributed by atoms with Gasteiger partial charge in [0.2, 0.25) is 0 Å². The van der Waals surface area contributed by atoms with Gasteiger partial charge in [-0.15, -0.1) is 0 Å². The van der Waals surface area contributed by atoms with Crippen LogP contribution >= 0.6 is 0 Å². The van der Waals surface area contributed by atoms with Crippen LogP contribution < -0.4 is 9.57 Å². The zero-order chi connectivity index (χ0) is 21.0. The second kappa shape index (κ2) is 8.15. The Morgan fingerprint density at radius 2 is 1.86 bits per heavy atom. The summed E-state index contributed by atoms with van der Waals surface area (Å²) >= 11 is 0. The minimum absolute atomic E-state index is 0.0935. The number of rotatable bonds is 7. The molecule has 0 bridgehead atoms. The topological polar surface area (TPSA) is 124 Å². The van der Waals surface area contributed by atoms with Crippen molar-refractivity contribution in [3.05, 3.63) is 76.0 Å². The van der Waals surface area contributed by atoms with Crippen LogP contribution in [0.25, 0.3) is 11.3 Å². The van der Waals surface area contributed by atoms with E-state index in [9.17, 15) is 18.5 Å². The number of nitrogens with zero attached hydrogens (tertiary/aromatic N) is 2. The highest BCUT2D eigenvalue weighted by Crippen LogP contribution is 2.34. The van der Waals surface area contributed by atoms with Crippen molar-refractivity contribution in [3.63, 3.8) is 0 Å². The van der Waals surface area contributed by atoms with Crippen LogP contribution in [-0.2, 0) is 10.0 Å². The Balaban J connectivity index is 1.77. The van der Waals surface area contributed by atoms with Gasteiger partial charge in [0.15, 0.2) is 0 Å². The Bertz CT molecular complexity index is 1170. The maximum atomic E-state index is 12.2. The number of methoxy groups -OCH3 is 1. The average molecular weight is 415 g/mol. The monoisotopic (exact) mass is 415 g/mol. The maximum Gasteiger partial charge on any atom is 0.276 e. The first-order valence-electron chi connectivity index (χ1n) is 8.34. The third-order valence-electron chi connectivity index (χ3n) is 3.98. The quantitative estimate of drug-likeness (QED) is 0.358. The minimum Gasteiger partial charge on any atom is -0.496 e. The lowest BCUT2D eigenvalue weighted by atomic mass is 10.1. The van der Waals surface area contributed by atoms with E-state index in [1.165, 1.54) is 43.7 Å². The molecule has 1 aromatic heterocycles. The number of nitro groups is 1. The molecule has 0 unspecified atom stereocenters. The first-order chi connectivity index (χ1) is 13.8. The van der Waals surface area contributed by atoms with Gasteiger partial charge in [-0.3, -0.25) is 10.1 Å². The second-order valence-electron chi connectivity index (χ2n) is 6.01. The third-order valence-corrected chi connectivity index (χ3v) is 5.22. The fourth-order valence-electron chi connectivity index (χ4n) is 2.49. The Morgan fingerprint density at radius 1 is 1.14 bits per heavy atom. The number of furan rings is 1. The fraction of sp³-hybridized carbons (Fsp3) is 0.105. The molecule has 0 aliphatic rings. The van der Waals surface area contributed by atoms with E-state index in [1.54, 1.807) is 24.3 Å². The largest absolute Gasteiger partial charge is 0.496 e. The van der Waals surface area contributed by atoms with Crippen LogP contribution in [0, 0.1) is 17.0 Å². The van der Waals surface area contributed by atoms with E-state index in [-0.39, 0.29) is 22.1 Å². The van der Waals surface area contributed by atoms with Gasteiger partial charge in [0, 0.05) is 6.07 Å². The first kappa shape index (κ1) is 20.1. The fourth-order valence-corrected chi connectivity index (χ4v) is 3.28. The van der Waals surface area contributed by atoms with E-state index in [4.69, 9.17) is 9.15 Å². The summed E-state index contributed by atoms with van der Waals surface area (Å²) in [5, 5.41) is 14.6. The standard InChI is InChI=1S/C19H17N3O6S/c1-13-3-7-16(8-4-13)29(25,26)21-20-12-15-6-10-18(28-15)17-9-5-14(22(23)24)11-19(17)27-2/h3-12,21H,1-2H3/b20-12+. The number of aryl methyl sites for hydroxylation is 1. The van der Waals surface area contributed by atoms with Gasteiger partial charge in [-0.1, -0.05) is 17.7 Å². The summed E-state index contributed by atoms with van der Waals surface area (Å²) in [6, 6.07) is 13.7. The number of hydrogen-bond donors (Lipinski definition) is 1. The molecule has 3 aromatic rings. The molecule has 3 rings (SSSR count). The highest BCUT2D eigenvalue weighted by Gasteiger charge is 2.15. The molecule has 0 saturated carbocycles. The van der Waals surface area contributed by atoms with Crippen molar-refractivity contribution in [2.45, 2.75) is 11.8 Å². The normalized spacial score (nSPS) is 11.5. The molecule has 150 valence electrons.